The van der Waals surface area contributed by atoms with Crippen LogP contribution < -0.4 is 16.0 Å². The van der Waals surface area contributed by atoms with Crippen molar-refractivity contribution >= 4 is 11.4 Å². The van der Waals surface area contributed by atoms with E-state index in [0.29, 0.717) is 0 Å². The number of nitrogens with zero attached hydrogens (tertiary/aromatic N) is 1. The second-order valence-corrected chi connectivity index (χ2v) is 3.76. The molecule has 2 rings (SSSR count). The Morgan fingerprint density at radius 3 is 3.00 bits per heavy atom. The van der Waals surface area contributed by atoms with Gasteiger partial charge in [-0.2, -0.15) is 0 Å². The summed E-state index contributed by atoms with van der Waals surface area (Å²) in [6.45, 7) is 5.39. The summed E-state index contributed by atoms with van der Waals surface area (Å²) in [5.74, 6) is 0. The highest BCUT2D eigenvalue weighted by Gasteiger charge is 2.16. The number of hydrogen-bond acceptors (Lipinski definition) is 3. The molecule has 1 aliphatic heterocycles. The van der Waals surface area contributed by atoms with Crippen LogP contribution >= 0.6 is 0 Å². The minimum atomic E-state index is 1.06. The number of aryl methyl sites for hydroxylation is 1. The van der Waals surface area contributed by atoms with E-state index in [1.165, 1.54) is 29.8 Å². The molecule has 1 aromatic rings. The Bertz CT molecular complexity index is 322. The summed E-state index contributed by atoms with van der Waals surface area (Å²) in [4.78, 5) is 0. The molecule has 14 heavy (non-hydrogen) atoms. The molecule has 0 spiro atoms. The summed E-state index contributed by atoms with van der Waals surface area (Å²) < 4.78 is 0. The third-order valence-electron chi connectivity index (χ3n) is 2.50. The maximum atomic E-state index is 3.17. The number of hydrazine groups is 2. The first kappa shape index (κ1) is 9.34. The lowest BCUT2D eigenvalue weighted by Crippen LogP contribution is -2.36. The molecular weight excluding hydrogens is 174 g/mol. The molecule has 3 heteroatoms. The van der Waals surface area contributed by atoms with Crippen LogP contribution in [0.25, 0.3) is 0 Å². The van der Waals surface area contributed by atoms with Gasteiger partial charge in [-0.05, 0) is 31.0 Å². The van der Waals surface area contributed by atoms with Crippen LogP contribution in [0.4, 0.5) is 11.4 Å². The van der Waals surface area contributed by atoms with Gasteiger partial charge in [-0.3, -0.25) is 5.01 Å². The van der Waals surface area contributed by atoms with E-state index in [2.05, 4.69) is 48.0 Å². The Kier molecular flexibility index (Phi) is 2.59. The third-order valence-corrected chi connectivity index (χ3v) is 2.50. The highest BCUT2D eigenvalue weighted by atomic mass is 15.7. The normalized spacial score (nSPS) is 14.0. The number of nitrogens with one attached hydrogen (secondary N) is 2. The first-order valence-corrected chi connectivity index (χ1v) is 5.21. The zero-order valence-electron chi connectivity index (χ0n) is 8.80. The molecule has 0 aromatic heterocycles. The lowest BCUT2D eigenvalue weighted by molar-refractivity contribution is 0.673. The van der Waals surface area contributed by atoms with Gasteiger partial charge in [0.15, 0.2) is 0 Å². The Balaban J connectivity index is 2.16. The fraction of sp³-hybridized carbons (Fsp3) is 0.455. The molecule has 3 nitrogen and oxygen atoms in total. The molecule has 0 unspecified atom stereocenters. The van der Waals surface area contributed by atoms with Gasteiger partial charge in [-0.25, -0.2) is 0 Å². The van der Waals surface area contributed by atoms with Gasteiger partial charge in [0.05, 0.1) is 11.4 Å². The Morgan fingerprint density at radius 1 is 1.36 bits per heavy atom. The predicted molar refractivity (Wildman–Crippen MR) is 60.2 cm³/mol. The lowest BCUT2D eigenvalue weighted by atomic mass is 10.2. The largest absolute Gasteiger partial charge is 0.302 e. The zero-order valence-corrected chi connectivity index (χ0v) is 8.80. The van der Waals surface area contributed by atoms with Crippen LogP contribution in [-0.2, 0) is 0 Å². The van der Waals surface area contributed by atoms with Crippen molar-refractivity contribution in [2.45, 2.75) is 26.7 Å². The van der Waals surface area contributed by atoms with Gasteiger partial charge in [0.25, 0.3) is 0 Å². The molecule has 0 bridgehead atoms. The summed E-state index contributed by atoms with van der Waals surface area (Å²) in [6.07, 6.45) is 2.43. The number of anilines is 2. The van der Waals surface area contributed by atoms with E-state index in [0.717, 1.165) is 6.54 Å². The average molecular weight is 191 g/mol. The molecule has 0 atom stereocenters. The number of rotatable bonds is 3. The molecule has 1 aromatic carbocycles. The molecule has 0 radical (unpaired) electrons. The Hall–Kier alpha value is -1.22. The topological polar surface area (TPSA) is 27.3 Å². The van der Waals surface area contributed by atoms with Crippen molar-refractivity contribution in [3.8, 4) is 0 Å². The van der Waals surface area contributed by atoms with Crippen LogP contribution in [0, 0.1) is 6.92 Å². The van der Waals surface area contributed by atoms with Gasteiger partial charge < -0.3 is 5.43 Å². The summed E-state index contributed by atoms with van der Waals surface area (Å²) in [5.41, 5.74) is 10.1. The average Bonchev–Trinajstić information content (AvgIpc) is 2.57. The molecule has 0 aliphatic carbocycles. The second kappa shape index (κ2) is 3.88. The third kappa shape index (κ3) is 1.68. The number of fused-ring (bicyclic) bond motifs is 1. The molecule has 0 saturated carbocycles. The van der Waals surface area contributed by atoms with Gasteiger partial charge >= 0.3 is 0 Å². The molecule has 1 aliphatic rings. The predicted octanol–water partition coefficient (Wildman–Crippen LogP) is 2.45. The second-order valence-electron chi connectivity index (χ2n) is 3.76. The molecule has 0 amide bonds. The summed E-state index contributed by atoms with van der Waals surface area (Å²) in [7, 11) is 0. The number of unbranched alkanes of at least 4 members (excludes halogenated alkanes) is 1. The molecular formula is C11H17N3. The summed E-state index contributed by atoms with van der Waals surface area (Å²) >= 11 is 0. The van der Waals surface area contributed by atoms with Gasteiger partial charge in [0.1, 0.15) is 0 Å². The van der Waals surface area contributed by atoms with Crippen molar-refractivity contribution in [2.75, 3.05) is 17.0 Å². The van der Waals surface area contributed by atoms with Crippen molar-refractivity contribution in [3.05, 3.63) is 23.8 Å². The highest BCUT2D eigenvalue weighted by Crippen LogP contribution is 2.29. The van der Waals surface area contributed by atoms with Gasteiger partial charge in [-0.1, -0.05) is 19.4 Å². The van der Waals surface area contributed by atoms with Crippen LogP contribution in [0.2, 0.25) is 0 Å². The SMILES string of the molecule is CCCCN1NNc2ccc(C)cc21. The van der Waals surface area contributed by atoms with Crippen molar-refractivity contribution in [2.24, 2.45) is 0 Å². The van der Waals surface area contributed by atoms with Crippen molar-refractivity contribution in [1.29, 1.82) is 0 Å². The van der Waals surface area contributed by atoms with Crippen LogP contribution in [0.3, 0.4) is 0 Å². The molecule has 1 heterocycles. The van der Waals surface area contributed by atoms with Crippen LogP contribution in [0.1, 0.15) is 25.3 Å². The zero-order chi connectivity index (χ0) is 9.97. The summed E-state index contributed by atoms with van der Waals surface area (Å²) in [5, 5.41) is 2.17. The standard InChI is InChI=1S/C11H17N3/c1-3-4-7-14-11-8-9(2)5-6-10(11)12-13-14/h5-6,8,12-13H,3-4,7H2,1-2H3. The molecule has 76 valence electrons. The Labute approximate surface area is 85.1 Å². The van der Waals surface area contributed by atoms with Crippen molar-refractivity contribution in [3.63, 3.8) is 0 Å². The van der Waals surface area contributed by atoms with Gasteiger partial charge in [0.2, 0.25) is 0 Å². The van der Waals surface area contributed by atoms with Gasteiger partial charge in [-0.15, -0.1) is 5.53 Å². The van der Waals surface area contributed by atoms with Crippen LogP contribution in [-0.4, -0.2) is 6.54 Å². The van der Waals surface area contributed by atoms with E-state index in [-0.39, 0.29) is 0 Å². The van der Waals surface area contributed by atoms with Crippen LogP contribution in [0.15, 0.2) is 18.2 Å². The van der Waals surface area contributed by atoms with Crippen molar-refractivity contribution < 1.29 is 0 Å². The fourth-order valence-corrected chi connectivity index (χ4v) is 1.65. The van der Waals surface area contributed by atoms with E-state index in [1.807, 2.05) is 0 Å². The van der Waals surface area contributed by atoms with Crippen LogP contribution in [0.5, 0.6) is 0 Å². The monoisotopic (exact) mass is 191 g/mol. The molecule has 0 saturated heterocycles. The van der Waals surface area contributed by atoms with E-state index >= 15 is 0 Å². The minimum absolute atomic E-state index is 1.06. The number of benzene rings is 1. The fourth-order valence-electron chi connectivity index (χ4n) is 1.65. The maximum Gasteiger partial charge on any atom is 0.0785 e. The van der Waals surface area contributed by atoms with E-state index in [9.17, 15) is 0 Å². The van der Waals surface area contributed by atoms with E-state index in [1.54, 1.807) is 0 Å². The number of hydrogen-bond donors (Lipinski definition) is 2. The molecule has 2 N–H and O–H groups in total. The van der Waals surface area contributed by atoms with E-state index in [4.69, 9.17) is 0 Å². The minimum Gasteiger partial charge on any atom is -0.302 e. The van der Waals surface area contributed by atoms with Gasteiger partial charge in [0, 0.05) is 6.54 Å². The Morgan fingerprint density at radius 2 is 2.21 bits per heavy atom. The smallest absolute Gasteiger partial charge is 0.0785 e. The van der Waals surface area contributed by atoms with E-state index < -0.39 is 0 Å². The first-order chi connectivity index (χ1) is 6.81. The first-order valence-electron chi connectivity index (χ1n) is 5.21. The maximum absolute atomic E-state index is 3.17. The van der Waals surface area contributed by atoms with Crippen molar-refractivity contribution in [1.82, 2.24) is 5.53 Å². The quantitative estimate of drug-likeness (QED) is 0.768. The lowest BCUT2D eigenvalue weighted by Gasteiger charge is -2.17. The summed E-state index contributed by atoms with van der Waals surface area (Å²) in [6, 6.07) is 6.44. The molecule has 0 fully saturated rings. The highest BCUT2D eigenvalue weighted by molar-refractivity contribution is 5.73.